The van der Waals surface area contributed by atoms with Crippen molar-refractivity contribution < 1.29 is 4.79 Å². The van der Waals surface area contributed by atoms with Gasteiger partial charge in [0, 0.05) is 32.3 Å². The smallest absolute Gasteiger partial charge is 0.250 e. The number of rotatable bonds is 2. The summed E-state index contributed by atoms with van der Waals surface area (Å²) in [5.74, 6) is -0.128. The molecule has 3 heterocycles. The number of imidazole rings is 1. The van der Waals surface area contributed by atoms with Crippen LogP contribution in [-0.2, 0) is 24.8 Å². The molecule has 0 saturated carbocycles. The van der Waals surface area contributed by atoms with Gasteiger partial charge in [0.15, 0.2) is 0 Å². The lowest BCUT2D eigenvalue weighted by Gasteiger charge is -2.22. The fourth-order valence-corrected chi connectivity index (χ4v) is 2.25. The fraction of sp³-hybridized carbons (Fsp3) is 0.308. The summed E-state index contributed by atoms with van der Waals surface area (Å²) >= 11 is 0. The zero-order chi connectivity index (χ0) is 14.1. The van der Waals surface area contributed by atoms with E-state index in [1.807, 2.05) is 0 Å². The third kappa shape index (κ3) is 2.35. The van der Waals surface area contributed by atoms with Crippen molar-refractivity contribution in [1.29, 1.82) is 0 Å². The van der Waals surface area contributed by atoms with Gasteiger partial charge in [0.05, 0.1) is 29.4 Å². The second kappa shape index (κ2) is 4.93. The first-order valence-electron chi connectivity index (χ1n) is 6.35. The average Bonchev–Trinajstić information content (AvgIpc) is 2.90. The molecule has 0 aliphatic carbocycles. The Morgan fingerprint density at radius 2 is 2.35 bits per heavy atom. The number of hydrogen-bond acceptors (Lipinski definition) is 4. The number of aromatic nitrogens is 3. The van der Waals surface area contributed by atoms with Crippen molar-refractivity contribution >= 4 is 11.6 Å². The number of nitrogens with zero attached hydrogens (tertiary/aromatic N) is 2. The van der Waals surface area contributed by atoms with Crippen molar-refractivity contribution in [2.75, 3.05) is 5.32 Å². The molecule has 0 aromatic carbocycles. The van der Waals surface area contributed by atoms with Crippen LogP contribution in [0.1, 0.15) is 11.4 Å². The van der Waals surface area contributed by atoms with Gasteiger partial charge in [-0.2, -0.15) is 0 Å². The van der Waals surface area contributed by atoms with Crippen molar-refractivity contribution in [2.45, 2.75) is 19.0 Å². The Bertz CT molecular complexity index is 703. The molecule has 104 valence electrons. The zero-order valence-corrected chi connectivity index (χ0v) is 11.0. The molecule has 1 aliphatic heterocycles. The molecule has 3 rings (SSSR count). The quantitative estimate of drug-likeness (QED) is 0.704. The molecule has 2 aromatic heterocycles. The van der Waals surface area contributed by atoms with Crippen molar-refractivity contribution in [1.82, 2.24) is 19.9 Å². The number of aryl methyl sites for hydroxylation is 1. The minimum atomic E-state index is -0.317. The molecule has 2 aromatic rings. The topological polar surface area (TPSA) is 91.8 Å². The summed E-state index contributed by atoms with van der Waals surface area (Å²) in [6.07, 6.45) is 3.79. The Balaban J connectivity index is 1.71. The van der Waals surface area contributed by atoms with Crippen LogP contribution in [0, 0.1) is 0 Å². The Morgan fingerprint density at radius 1 is 1.50 bits per heavy atom. The minimum absolute atomic E-state index is 0.111. The number of amides is 1. The first-order chi connectivity index (χ1) is 9.63. The highest BCUT2D eigenvalue weighted by Gasteiger charge is 2.25. The predicted molar refractivity (Wildman–Crippen MR) is 73.2 cm³/mol. The van der Waals surface area contributed by atoms with E-state index in [1.54, 1.807) is 25.6 Å². The molecule has 0 fully saturated rings. The monoisotopic (exact) mass is 273 g/mol. The maximum atomic E-state index is 12.2. The van der Waals surface area contributed by atoms with Crippen LogP contribution in [0.3, 0.4) is 0 Å². The highest BCUT2D eigenvalue weighted by atomic mass is 16.2. The van der Waals surface area contributed by atoms with E-state index in [0.29, 0.717) is 18.7 Å². The van der Waals surface area contributed by atoms with Crippen LogP contribution < -0.4 is 16.2 Å². The highest BCUT2D eigenvalue weighted by molar-refractivity contribution is 5.95. The lowest BCUT2D eigenvalue weighted by molar-refractivity contribution is -0.118. The average molecular weight is 273 g/mol. The maximum absolute atomic E-state index is 12.2. The van der Waals surface area contributed by atoms with Crippen molar-refractivity contribution in [3.63, 3.8) is 0 Å². The number of carbonyl (C=O) groups is 1. The van der Waals surface area contributed by atoms with E-state index in [0.717, 1.165) is 11.4 Å². The number of nitrogens with one attached hydrogen (secondary N) is 3. The van der Waals surface area contributed by atoms with E-state index in [-0.39, 0.29) is 17.5 Å². The third-order valence-electron chi connectivity index (χ3n) is 3.40. The van der Waals surface area contributed by atoms with Gasteiger partial charge in [-0.3, -0.25) is 14.9 Å². The van der Waals surface area contributed by atoms with Gasteiger partial charge in [-0.05, 0) is 6.07 Å². The maximum Gasteiger partial charge on any atom is 0.250 e. The molecule has 0 radical (unpaired) electrons. The van der Waals surface area contributed by atoms with Gasteiger partial charge in [-0.15, -0.1) is 0 Å². The van der Waals surface area contributed by atoms with Crippen LogP contribution in [0.25, 0.3) is 0 Å². The SMILES string of the molecule is Cn1cc(NC(=O)C2Cc3nc[nH]c3CN2)ccc1=O. The molecule has 1 unspecified atom stereocenters. The number of hydrogen-bond donors (Lipinski definition) is 3. The Hall–Kier alpha value is -2.41. The Kier molecular flexibility index (Phi) is 3.11. The largest absolute Gasteiger partial charge is 0.347 e. The van der Waals surface area contributed by atoms with E-state index >= 15 is 0 Å². The summed E-state index contributed by atoms with van der Waals surface area (Å²) in [6, 6.07) is 2.71. The molecule has 0 spiro atoms. The second-order valence-corrected chi connectivity index (χ2v) is 4.82. The lowest BCUT2D eigenvalue weighted by atomic mass is 10.0. The van der Waals surface area contributed by atoms with Crippen LogP contribution in [0.2, 0.25) is 0 Å². The molecule has 0 saturated heterocycles. The first kappa shape index (κ1) is 12.6. The number of anilines is 1. The van der Waals surface area contributed by atoms with Gasteiger partial charge in [-0.25, -0.2) is 4.98 Å². The summed E-state index contributed by atoms with van der Waals surface area (Å²) in [6.45, 7) is 0.598. The summed E-state index contributed by atoms with van der Waals surface area (Å²) in [5.41, 5.74) is 2.44. The van der Waals surface area contributed by atoms with Crippen LogP contribution in [0.15, 0.2) is 29.5 Å². The van der Waals surface area contributed by atoms with Crippen molar-refractivity contribution in [3.8, 4) is 0 Å². The summed E-state index contributed by atoms with van der Waals surface area (Å²) in [7, 11) is 1.65. The standard InChI is InChI=1S/C13H15N5O2/c1-18-6-8(2-3-12(18)19)17-13(20)10-4-9-11(5-14-10)16-7-15-9/h2-3,6-7,10,14H,4-5H2,1H3,(H,15,16)(H,17,20). The molecular weight excluding hydrogens is 258 g/mol. The molecule has 0 bridgehead atoms. The van der Waals surface area contributed by atoms with Gasteiger partial charge in [-0.1, -0.05) is 0 Å². The van der Waals surface area contributed by atoms with Crippen LogP contribution in [0.4, 0.5) is 5.69 Å². The normalized spacial score (nSPS) is 17.6. The fourth-order valence-electron chi connectivity index (χ4n) is 2.25. The van der Waals surface area contributed by atoms with E-state index in [9.17, 15) is 9.59 Å². The molecule has 1 atom stereocenters. The van der Waals surface area contributed by atoms with Gasteiger partial charge in [0.1, 0.15) is 0 Å². The molecule has 1 amide bonds. The number of pyridine rings is 1. The molecule has 7 heteroatoms. The molecule has 20 heavy (non-hydrogen) atoms. The van der Waals surface area contributed by atoms with Gasteiger partial charge < -0.3 is 14.9 Å². The van der Waals surface area contributed by atoms with Crippen LogP contribution in [-0.4, -0.2) is 26.5 Å². The summed E-state index contributed by atoms with van der Waals surface area (Å²) in [5, 5.41) is 5.96. The van der Waals surface area contributed by atoms with Crippen molar-refractivity contribution in [3.05, 3.63) is 46.4 Å². The minimum Gasteiger partial charge on any atom is -0.347 e. The van der Waals surface area contributed by atoms with E-state index in [1.165, 1.54) is 10.6 Å². The number of H-pyrrole nitrogens is 1. The van der Waals surface area contributed by atoms with Crippen molar-refractivity contribution in [2.24, 2.45) is 7.05 Å². The van der Waals surface area contributed by atoms with E-state index in [4.69, 9.17) is 0 Å². The zero-order valence-electron chi connectivity index (χ0n) is 11.0. The number of carbonyl (C=O) groups excluding carboxylic acids is 1. The first-order valence-corrected chi connectivity index (χ1v) is 6.35. The Morgan fingerprint density at radius 3 is 3.15 bits per heavy atom. The van der Waals surface area contributed by atoms with Gasteiger partial charge in [0.25, 0.3) is 0 Å². The summed E-state index contributed by atoms with van der Waals surface area (Å²) in [4.78, 5) is 30.7. The molecular formula is C13H15N5O2. The number of aromatic amines is 1. The molecule has 7 nitrogen and oxygen atoms in total. The van der Waals surface area contributed by atoms with Crippen LogP contribution in [0.5, 0.6) is 0 Å². The Labute approximate surface area is 115 Å². The molecule has 3 N–H and O–H groups in total. The predicted octanol–water partition coefficient (Wildman–Crippen LogP) is -0.239. The van der Waals surface area contributed by atoms with Gasteiger partial charge in [0.2, 0.25) is 11.5 Å². The van der Waals surface area contributed by atoms with E-state index < -0.39 is 0 Å². The number of fused-ring (bicyclic) bond motifs is 1. The van der Waals surface area contributed by atoms with Gasteiger partial charge >= 0.3 is 0 Å². The highest BCUT2D eigenvalue weighted by Crippen LogP contribution is 2.13. The second-order valence-electron chi connectivity index (χ2n) is 4.82. The lowest BCUT2D eigenvalue weighted by Crippen LogP contribution is -2.44. The third-order valence-corrected chi connectivity index (χ3v) is 3.40. The molecule has 1 aliphatic rings. The van der Waals surface area contributed by atoms with E-state index in [2.05, 4.69) is 20.6 Å². The summed E-state index contributed by atoms with van der Waals surface area (Å²) < 4.78 is 1.43. The van der Waals surface area contributed by atoms with Crippen LogP contribution >= 0.6 is 0 Å².